The van der Waals surface area contributed by atoms with Gasteiger partial charge in [-0.2, -0.15) is 0 Å². The van der Waals surface area contributed by atoms with Crippen LogP contribution in [0.5, 0.6) is 0 Å². The van der Waals surface area contributed by atoms with Crippen LogP contribution in [0, 0.1) is 30.5 Å². The molecule has 0 aromatic heterocycles. The van der Waals surface area contributed by atoms with Crippen LogP contribution < -0.4 is 11.1 Å². The van der Waals surface area contributed by atoms with Crippen LogP contribution in [0.3, 0.4) is 0 Å². The number of hydrogen-bond acceptors (Lipinski definition) is 2. The van der Waals surface area contributed by atoms with Crippen LogP contribution in [-0.2, 0) is 4.79 Å². The number of fused-ring (bicyclic) bond motifs is 2. The van der Waals surface area contributed by atoms with Crippen molar-refractivity contribution in [3.63, 3.8) is 0 Å². The van der Waals surface area contributed by atoms with Gasteiger partial charge in [-0.05, 0) is 61.8 Å². The fourth-order valence-electron chi connectivity index (χ4n) is 3.67. The first-order chi connectivity index (χ1) is 9.06. The molecule has 1 aromatic carbocycles. The molecule has 0 radical (unpaired) electrons. The minimum Gasteiger partial charge on any atom is -0.327 e. The molecule has 4 atom stereocenters. The summed E-state index contributed by atoms with van der Waals surface area (Å²) < 4.78 is 13.2. The first-order valence-electron chi connectivity index (χ1n) is 6.89. The minimum absolute atomic E-state index is 0. The molecule has 110 valence electrons. The first-order valence-corrected chi connectivity index (χ1v) is 6.89. The van der Waals surface area contributed by atoms with E-state index in [0.29, 0.717) is 23.1 Å². The maximum Gasteiger partial charge on any atom is 0.229 e. The van der Waals surface area contributed by atoms with Crippen LogP contribution in [0.2, 0.25) is 0 Å². The van der Waals surface area contributed by atoms with Crippen molar-refractivity contribution >= 4 is 24.0 Å². The Kier molecular flexibility index (Phi) is 4.35. The summed E-state index contributed by atoms with van der Waals surface area (Å²) in [6.45, 7) is 1.69. The van der Waals surface area contributed by atoms with Crippen LogP contribution in [0.25, 0.3) is 0 Å². The number of rotatable bonds is 2. The number of hydrogen-bond donors (Lipinski definition) is 2. The van der Waals surface area contributed by atoms with Gasteiger partial charge in [0.1, 0.15) is 5.82 Å². The van der Waals surface area contributed by atoms with E-state index >= 15 is 0 Å². The molecule has 2 aliphatic carbocycles. The fraction of sp³-hybridized carbons (Fsp3) is 0.533. The van der Waals surface area contributed by atoms with Crippen molar-refractivity contribution in [2.24, 2.45) is 23.5 Å². The Hall–Kier alpha value is -1.13. The molecule has 0 heterocycles. The molecule has 5 heteroatoms. The lowest BCUT2D eigenvalue weighted by Gasteiger charge is -2.27. The zero-order valence-corrected chi connectivity index (χ0v) is 12.3. The van der Waals surface area contributed by atoms with E-state index in [1.54, 1.807) is 19.1 Å². The molecule has 1 amide bonds. The van der Waals surface area contributed by atoms with Crippen molar-refractivity contribution in [2.75, 3.05) is 5.32 Å². The van der Waals surface area contributed by atoms with Gasteiger partial charge >= 0.3 is 0 Å². The van der Waals surface area contributed by atoms with Gasteiger partial charge in [0.15, 0.2) is 0 Å². The van der Waals surface area contributed by atoms with Crippen molar-refractivity contribution in [1.29, 1.82) is 0 Å². The molecule has 2 fully saturated rings. The topological polar surface area (TPSA) is 55.1 Å². The smallest absolute Gasteiger partial charge is 0.229 e. The third kappa shape index (κ3) is 2.54. The van der Waals surface area contributed by atoms with E-state index in [-0.39, 0.29) is 36.1 Å². The summed E-state index contributed by atoms with van der Waals surface area (Å²) in [6, 6.07) is 4.62. The van der Waals surface area contributed by atoms with Crippen LogP contribution in [0.15, 0.2) is 18.2 Å². The Morgan fingerprint density at radius 1 is 1.35 bits per heavy atom. The minimum atomic E-state index is -0.255. The Bertz CT molecular complexity index is 521. The predicted molar refractivity (Wildman–Crippen MR) is 79.3 cm³/mol. The number of halogens is 2. The quantitative estimate of drug-likeness (QED) is 0.882. The molecule has 3 rings (SSSR count). The number of anilines is 1. The van der Waals surface area contributed by atoms with E-state index < -0.39 is 0 Å². The van der Waals surface area contributed by atoms with Gasteiger partial charge in [-0.15, -0.1) is 12.4 Å². The third-order valence-electron chi connectivity index (χ3n) is 4.71. The van der Waals surface area contributed by atoms with E-state index in [1.165, 1.54) is 6.07 Å². The largest absolute Gasteiger partial charge is 0.327 e. The standard InChI is InChI=1S/C15H19FN2O.ClH/c1-8-6-11(4-5-12(8)16)18-15(19)13-9-2-3-10(7-9)14(13)17;/h4-6,9-10,13-14H,2-3,7,17H2,1H3,(H,18,19);1H. The van der Waals surface area contributed by atoms with Crippen LogP contribution >= 0.6 is 12.4 Å². The molecule has 0 saturated heterocycles. The Morgan fingerprint density at radius 2 is 2.05 bits per heavy atom. The molecule has 3 N–H and O–H groups in total. The first kappa shape index (κ1) is 15.3. The number of aryl methyl sites for hydroxylation is 1. The van der Waals surface area contributed by atoms with Crippen molar-refractivity contribution in [1.82, 2.24) is 0 Å². The highest BCUT2D eigenvalue weighted by molar-refractivity contribution is 5.93. The fourth-order valence-corrected chi connectivity index (χ4v) is 3.67. The number of carbonyl (C=O) groups is 1. The normalized spacial score (nSPS) is 30.9. The van der Waals surface area contributed by atoms with Gasteiger partial charge in [0.05, 0.1) is 5.92 Å². The molecular weight excluding hydrogens is 279 g/mol. The predicted octanol–water partition coefficient (Wildman–Crippen LogP) is 2.87. The number of amides is 1. The number of nitrogens with one attached hydrogen (secondary N) is 1. The molecular formula is C15H20ClFN2O. The highest BCUT2D eigenvalue weighted by Crippen LogP contribution is 2.47. The highest BCUT2D eigenvalue weighted by atomic mass is 35.5. The van der Waals surface area contributed by atoms with Crippen LogP contribution in [-0.4, -0.2) is 11.9 Å². The maximum absolute atomic E-state index is 13.2. The molecule has 1 aromatic rings. The van der Waals surface area contributed by atoms with E-state index in [1.807, 2.05) is 0 Å². The second-order valence-corrected chi connectivity index (χ2v) is 5.89. The maximum atomic E-state index is 13.2. The zero-order valence-electron chi connectivity index (χ0n) is 11.4. The number of nitrogens with two attached hydrogens (primary N) is 1. The van der Waals surface area contributed by atoms with Gasteiger partial charge in [0.2, 0.25) is 5.91 Å². The molecule has 4 unspecified atom stereocenters. The summed E-state index contributed by atoms with van der Waals surface area (Å²) in [7, 11) is 0. The Labute approximate surface area is 124 Å². The van der Waals surface area contributed by atoms with Gasteiger partial charge in [0.25, 0.3) is 0 Å². The Morgan fingerprint density at radius 3 is 2.65 bits per heavy atom. The molecule has 2 aliphatic rings. The lowest BCUT2D eigenvalue weighted by Crippen LogP contribution is -2.42. The van der Waals surface area contributed by atoms with Gasteiger partial charge in [-0.1, -0.05) is 0 Å². The summed E-state index contributed by atoms with van der Waals surface area (Å²) in [5.41, 5.74) is 7.34. The average molecular weight is 299 g/mol. The van der Waals surface area contributed by atoms with Crippen molar-refractivity contribution in [3.8, 4) is 0 Å². The third-order valence-corrected chi connectivity index (χ3v) is 4.71. The molecule has 2 saturated carbocycles. The van der Waals surface area contributed by atoms with Crippen molar-refractivity contribution in [2.45, 2.75) is 32.2 Å². The van der Waals surface area contributed by atoms with Crippen molar-refractivity contribution < 1.29 is 9.18 Å². The summed E-state index contributed by atoms with van der Waals surface area (Å²) in [5.74, 6) is 0.599. The lowest BCUT2D eigenvalue weighted by molar-refractivity contribution is -0.121. The van der Waals surface area contributed by atoms with Crippen LogP contribution in [0.1, 0.15) is 24.8 Å². The van der Waals surface area contributed by atoms with E-state index in [9.17, 15) is 9.18 Å². The molecule has 2 bridgehead atoms. The second kappa shape index (κ2) is 5.70. The SMILES string of the molecule is Cc1cc(NC(=O)C2C3CCC(C3)C2N)ccc1F.Cl. The Balaban J connectivity index is 0.00000147. The number of benzene rings is 1. The molecule has 0 spiro atoms. The lowest BCUT2D eigenvalue weighted by atomic mass is 9.84. The van der Waals surface area contributed by atoms with Gasteiger partial charge in [-0.3, -0.25) is 4.79 Å². The molecule has 0 aliphatic heterocycles. The van der Waals surface area contributed by atoms with E-state index in [2.05, 4.69) is 5.32 Å². The highest BCUT2D eigenvalue weighted by Gasteiger charge is 2.49. The molecule has 3 nitrogen and oxygen atoms in total. The van der Waals surface area contributed by atoms with Crippen LogP contribution in [0.4, 0.5) is 10.1 Å². The second-order valence-electron chi connectivity index (χ2n) is 5.89. The summed E-state index contributed by atoms with van der Waals surface area (Å²) in [5, 5.41) is 2.88. The van der Waals surface area contributed by atoms with E-state index in [4.69, 9.17) is 5.73 Å². The average Bonchev–Trinajstić information content (AvgIpc) is 2.94. The zero-order chi connectivity index (χ0) is 13.6. The number of carbonyl (C=O) groups excluding carboxylic acids is 1. The van der Waals surface area contributed by atoms with Gasteiger partial charge in [-0.25, -0.2) is 4.39 Å². The summed E-state index contributed by atoms with van der Waals surface area (Å²) in [4.78, 5) is 12.3. The monoisotopic (exact) mass is 298 g/mol. The molecule has 20 heavy (non-hydrogen) atoms. The van der Waals surface area contributed by atoms with Crippen molar-refractivity contribution in [3.05, 3.63) is 29.6 Å². The summed E-state index contributed by atoms with van der Waals surface area (Å²) in [6.07, 6.45) is 3.35. The summed E-state index contributed by atoms with van der Waals surface area (Å²) >= 11 is 0. The van der Waals surface area contributed by atoms with E-state index in [0.717, 1.165) is 19.3 Å². The van der Waals surface area contributed by atoms with Gasteiger partial charge in [0, 0.05) is 11.7 Å². The van der Waals surface area contributed by atoms with Gasteiger partial charge < -0.3 is 11.1 Å².